The van der Waals surface area contributed by atoms with E-state index in [4.69, 9.17) is 9.84 Å². The quantitative estimate of drug-likeness (QED) is 0.796. The minimum atomic E-state index is -1.43. The second-order valence-corrected chi connectivity index (χ2v) is 3.84. The number of H-pyrrole nitrogens is 1. The Morgan fingerprint density at radius 2 is 1.85 bits per heavy atom. The van der Waals surface area contributed by atoms with Gasteiger partial charge in [0.05, 0.1) is 0 Å². The maximum atomic E-state index is 11.8. The van der Waals surface area contributed by atoms with Gasteiger partial charge in [0.1, 0.15) is 0 Å². The topological polar surface area (TPSA) is 109 Å². The first-order valence-electron chi connectivity index (χ1n) is 5.62. The molecule has 0 aliphatic carbocycles. The van der Waals surface area contributed by atoms with E-state index in [2.05, 4.69) is 10.2 Å². The Labute approximate surface area is 112 Å². The lowest BCUT2D eigenvalue weighted by molar-refractivity contribution is -0.147. The van der Waals surface area contributed by atoms with Gasteiger partial charge in [0.2, 0.25) is 6.10 Å². The number of carboxylic acid groups (broad SMARTS) is 1. The number of esters is 1. The molecule has 2 aromatic rings. The van der Waals surface area contributed by atoms with Crippen molar-refractivity contribution in [3.05, 3.63) is 64.1 Å². The van der Waals surface area contributed by atoms with Gasteiger partial charge in [0, 0.05) is 11.6 Å². The highest BCUT2D eigenvalue weighted by Crippen LogP contribution is 2.18. The smallest absolute Gasteiger partial charge is 0.359 e. The maximum absolute atomic E-state index is 11.8. The lowest BCUT2D eigenvalue weighted by Crippen LogP contribution is -2.21. The first kappa shape index (κ1) is 13.5. The van der Waals surface area contributed by atoms with E-state index in [0.717, 1.165) is 12.1 Å². The van der Waals surface area contributed by atoms with Gasteiger partial charge < -0.3 is 9.84 Å². The highest BCUT2D eigenvalue weighted by molar-refractivity contribution is 5.89. The summed E-state index contributed by atoms with van der Waals surface area (Å²) in [4.78, 5) is 33.8. The second kappa shape index (κ2) is 5.79. The predicted octanol–water partition coefficient (Wildman–Crippen LogP) is 0.753. The van der Waals surface area contributed by atoms with Crippen LogP contribution in [-0.2, 0) is 9.53 Å². The zero-order valence-electron chi connectivity index (χ0n) is 10.1. The molecular formula is C13H10N2O5. The van der Waals surface area contributed by atoms with E-state index in [1.54, 1.807) is 18.2 Å². The number of benzene rings is 1. The van der Waals surface area contributed by atoms with Gasteiger partial charge in [-0.1, -0.05) is 30.3 Å². The number of aromatic amines is 1. The van der Waals surface area contributed by atoms with Crippen molar-refractivity contribution in [2.45, 2.75) is 6.10 Å². The molecule has 0 aliphatic heterocycles. The van der Waals surface area contributed by atoms with E-state index in [1.165, 1.54) is 12.1 Å². The van der Waals surface area contributed by atoms with Crippen LogP contribution in [0.5, 0.6) is 0 Å². The first-order valence-corrected chi connectivity index (χ1v) is 5.62. The number of rotatable bonds is 4. The van der Waals surface area contributed by atoms with Gasteiger partial charge in [-0.15, -0.1) is 0 Å². The van der Waals surface area contributed by atoms with Gasteiger partial charge in [-0.2, -0.15) is 5.10 Å². The Hall–Kier alpha value is -2.96. The third-order valence-electron chi connectivity index (χ3n) is 2.44. The number of hydrogen-bond donors (Lipinski definition) is 2. The fourth-order valence-corrected chi connectivity index (χ4v) is 1.51. The zero-order chi connectivity index (χ0) is 14.5. The average molecular weight is 274 g/mol. The zero-order valence-corrected chi connectivity index (χ0v) is 10.1. The Bertz CT molecular complexity index is 660. The summed E-state index contributed by atoms with van der Waals surface area (Å²) in [5.74, 6) is -2.23. The van der Waals surface area contributed by atoms with E-state index in [1.807, 2.05) is 0 Å². The molecule has 7 nitrogen and oxygen atoms in total. The van der Waals surface area contributed by atoms with Crippen LogP contribution in [0.1, 0.15) is 22.2 Å². The summed E-state index contributed by atoms with van der Waals surface area (Å²) in [6.45, 7) is 0. The standard InChI is InChI=1S/C13H10N2O5/c16-10-7-6-9(14-15-10)13(19)20-11(12(17)18)8-4-2-1-3-5-8/h1-7,11H,(H,15,16)(H,17,18)/t11-/m1/s1. The monoisotopic (exact) mass is 274 g/mol. The number of aliphatic carboxylic acids is 1. The molecule has 0 spiro atoms. The van der Waals surface area contributed by atoms with Crippen LogP contribution in [0, 0.1) is 0 Å². The van der Waals surface area contributed by atoms with E-state index >= 15 is 0 Å². The number of carbonyl (C=O) groups is 2. The van der Waals surface area contributed by atoms with Gasteiger partial charge in [0.25, 0.3) is 5.56 Å². The number of hydrogen-bond acceptors (Lipinski definition) is 5. The van der Waals surface area contributed by atoms with Gasteiger partial charge in [-0.3, -0.25) is 4.79 Å². The summed E-state index contributed by atoms with van der Waals surface area (Å²) in [7, 11) is 0. The summed E-state index contributed by atoms with van der Waals surface area (Å²) in [6.07, 6.45) is -1.43. The molecule has 0 bridgehead atoms. The molecule has 0 amide bonds. The van der Waals surface area contributed by atoms with E-state index in [-0.39, 0.29) is 5.69 Å². The normalized spacial score (nSPS) is 11.6. The lowest BCUT2D eigenvalue weighted by Gasteiger charge is -2.13. The molecule has 1 aromatic heterocycles. The van der Waals surface area contributed by atoms with Crippen LogP contribution in [0.4, 0.5) is 0 Å². The van der Waals surface area contributed by atoms with Crippen LogP contribution in [0.25, 0.3) is 0 Å². The minimum Gasteiger partial charge on any atom is -0.478 e. The fourth-order valence-electron chi connectivity index (χ4n) is 1.51. The van der Waals surface area contributed by atoms with Gasteiger partial charge in [-0.05, 0) is 6.07 Å². The summed E-state index contributed by atoms with van der Waals surface area (Å²) in [6, 6.07) is 10.3. The van der Waals surface area contributed by atoms with Crippen molar-refractivity contribution >= 4 is 11.9 Å². The molecular weight excluding hydrogens is 264 g/mol. The predicted molar refractivity (Wildman–Crippen MR) is 67.1 cm³/mol. The van der Waals surface area contributed by atoms with Crippen molar-refractivity contribution in [3.63, 3.8) is 0 Å². The molecule has 20 heavy (non-hydrogen) atoms. The largest absolute Gasteiger partial charge is 0.478 e. The van der Waals surface area contributed by atoms with E-state index in [9.17, 15) is 14.4 Å². The molecule has 1 aromatic carbocycles. The Morgan fingerprint density at radius 3 is 2.40 bits per heavy atom. The number of carboxylic acids is 1. The van der Waals surface area contributed by atoms with Crippen LogP contribution in [-0.4, -0.2) is 27.2 Å². The molecule has 0 saturated heterocycles. The molecule has 2 N–H and O–H groups in total. The van der Waals surface area contributed by atoms with E-state index in [0.29, 0.717) is 5.56 Å². The first-order chi connectivity index (χ1) is 9.58. The van der Waals surface area contributed by atoms with Crippen molar-refractivity contribution in [2.24, 2.45) is 0 Å². The molecule has 7 heteroatoms. The SMILES string of the molecule is O=C(O[C@@H](C(=O)O)c1ccccc1)c1ccc(=O)[nH]n1. The van der Waals surface area contributed by atoms with Gasteiger partial charge in [0.15, 0.2) is 5.69 Å². The second-order valence-electron chi connectivity index (χ2n) is 3.84. The van der Waals surface area contributed by atoms with Crippen molar-refractivity contribution in [3.8, 4) is 0 Å². The van der Waals surface area contributed by atoms with E-state index < -0.39 is 23.6 Å². The summed E-state index contributed by atoms with van der Waals surface area (Å²) < 4.78 is 4.90. The van der Waals surface area contributed by atoms with Crippen LogP contribution in [0.3, 0.4) is 0 Å². The van der Waals surface area contributed by atoms with Gasteiger partial charge >= 0.3 is 11.9 Å². The number of nitrogens with one attached hydrogen (secondary N) is 1. The van der Waals surface area contributed by atoms with Crippen LogP contribution in [0.15, 0.2) is 47.3 Å². The Morgan fingerprint density at radius 1 is 1.15 bits per heavy atom. The van der Waals surface area contributed by atoms with Crippen molar-refractivity contribution in [1.82, 2.24) is 10.2 Å². The van der Waals surface area contributed by atoms with Crippen LogP contribution in [0.2, 0.25) is 0 Å². The Kier molecular flexibility index (Phi) is 3.90. The molecule has 1 atom stereocenters. The average Bonchev–Trinajstić information content (AvgIpc) is 2.46. The third kappa shape index (κ3) is 3.08. The molecule has 0 unspecified atom stereocenters. The van der Waals surface area contributed by atoms with Gasteiger partial charge in [-0.25, -0.2) is 14.7 Å². The molecule has 102 valence electrons. The molecule has 0 fully saturated rings. The summed E-state index contributed by atoms with van der Waals surface area (Å²) >= 11 is 0. The molecule has 1 heterocycles. The number of nitrogens with zero attached hydrogens (tertiary/aromatic N) is 1. The summed E-state index contributed by atoms with van der Waals surface area (Å²) in [5.41, 5.74) is -0.316. The van der Waals surface area contributed by atoms with Crippen molar-refractivity contribution in [2.75, 3.05) is 0 Å². The Balaban J connectivity index is 2.21. The molecule has 0 aliphatic rings. The molecule has 2 rings (SSSR count). The molecule has 0 saturated carbocycles. The van der Waals surface area contributed by atoms with Crippen LogP contribution < -0.4 is 5.56 Å². The number of ether oxygens (including phenoxy) is 1. The highest BCUT2D eigenvalue weighted by Gasteiger charge is 2.25. The third-order valence-corrected chi connectivity index (χ3v) is 2.44. The van der Waals surface area contributed by atoms with Crippen molar-refractivity contribution in [1.29, 1.82) is 0 Å². The minimum absolute atomic E-state index is 0.174. The summed E-state index contributed by atoms with van der Waals surface area (Å²) in [5, 5.41) is 14.7. The maximum Gasteiger partial charge on any atom is 0.359 e. The molecule has 0 radical (unpaired) electrons. The number of aromatic nitrogens is 2. The highest BCUT2D eigenvalue weighted by atomic mass is 16.6. The fraction of sp³-hybridized carbons (Fsp3) is 0.0769. The van der Waals surface area contributed by atoms with Crippen LogP contribution >= 0.6 is 0 Å². The van der Waals surface area contributed by atoms with Crippen molar-refractivity contribution < 1.29 is 19.4 Å². The number of carbonyl (C=O) groups excluding carboxylic acids is 1. The lowest BCUT2D eigenvalue weighted by atomic mass is 10.1.